The van der Waals surface area contributed by atoms with Crippen molar-refractivity contribution in [2.75, 3.05) is 0 Å². The Bertz CT molecular complexity index is 518. The van der Waals surface area contributed by atoms with Crippen LogP contribution in [0.1, 0.15) is 5.76 Å². The number of carbonyl (C=O) groups is 1. The summed E-state index contributed by atoms with van der Waals surface area (Å²) in [6.07, 6.45) is 1.21. The molecule has 0 aliphatic heterocycles. The van der Waals surface area contributed by atoms with E-state index in [9.17, 15) is 9.90 Å². The molecule has 5 heteroatoms. The predicted molar refractivity (Wildman–Crippen MR) is 54.9 cm³/mol. The molecule has 0 radical (unpaired) electrons. The molecule has 0 unspecified atom stereocenters. The Kier molecular flexibility index (Phi) is 2.59. The SMILES string of the molecule is O=C(O)Cc1oncc1-c1cccc(O)c1. The van der Waals surface area contributed by atoms with Crippen LogP contribution in [0.25, 0.3) is 11.1 Å². The molecular formula is C11H9NO4. The van der Waals surface area contributed by atoms with E-state index in [-0.39, 0.29) is 17.9 Å². The predicted octanol–water partition coefficient (Wildman–Crippen LogP) is 1.67. The zero-order valence-electron chi connectivity index (χ0n) is 8.25. The van der Waals surface area contributed by atoms with Crippen molar-refractivity contribution in [2.24, 2.45) is 0 Å². The molecule has 0 spiro atoms. The highest BCUT2D eigenvalue weighted by molar-refractivity contribution is 5.74. The quantitative estimate of drug-likeness (QED) is 0.820. The lowest BCUT2D eigenvalue weighted by Crippen LogP contribution is -1.99. The minimum Gasteiger partial charge on any atom is -0.508 e. The van der Waals surface area contributed by atoms with Crippen LogP contribution in [0, 0.1) is 0 Å². The fraction of sp³-hybridized carbons (Fsp3) is 0.0909. The summed E-state index contributed by atoms with van der Waals surface area (Å²) in [6, 6.07) is 6.48. The fourth-order valence-corrected chi connectivity index (χ4v) is 1.44. The van der Waals surface area contributed by atoms with Crippen molar-refractivity contribution in [3.05, 3.63) is 36.2 Å². The van der Waals surface area contributed by atoms with Crippen LogP contribution in [-0.4, -0.2) is 21.3 Å². The van der Waals surface area contributed by atoms with E-state index in [1.54, 1.807) is 12.1 Å². The summed E-state index contributed by atoms with van der Waals surface area (Å²) in [4.78, 5) is 10.6. The maximum absolute atomic E-state index is 10.6. The van der Waals surface area contributed by atoms with Crippen LogP contribution < -0.4 is 0 Å². The fourth-order valence-electron chi connectivity index (χ4n) is 1.44. The molecule has 0 bridgehead atoms. The van der Waals surface area contributed by atoms with Gasteiger partial charge in [-0.2, -0.15) is 0 Å². The number of nitrogens with zero attached hydrogens (tertiary/aromatic N) is 1. The molecular weight excluding hydrogens is 210 g/mol. The summed E-state index contributed by atoms with van der Waals surface area (Å²) >= 11 is 0. The van der Waals surface area contributed by atoms with Gasteiger partial charge in [0, 0.05) is 5.56 Å². The third-order valence-electron chi connectivity index (χ3n) is 2.11. The number of aromatic hydroxyl groups is 1. The van der Waals surface area contributed by atoms with Gasteiger partial charge in [0.25, 0.3) is 0 Å². The van der Waals surface area contributed by atoms with Gasteiger partial charge in [0.2, 0.25) is 0 Å². The average Bonchev–Trinajstić information content (AvgIpc) is 2.65. The Morgan fingerprint density at radius 2 is 2.25 bits per heavy atom. The van der Waals surface area contributed by atoms with Crippen molar-refractivity contribution in [2.45, 2.75) is 6.42 Å². The monoisotopic (exact) mass is 219 g/mol. The Labute approximate surface area is 90.9 Å². The molecule has 0 amide bonds. The van der Waals surface area contributed by atoms with E-state index >= 15 is 0 Å². The maximum atomic E-state index is 10.6. The Hall–Kier alpha value is -2.30. The minimum atomic E-state index is -0.988. The number of aromatic nitrogens is 1. The number of hydrogen-bond acceptors (Lipinski definition) is 4. The van der Waals surface area contributed by atoms with Crippen LogP contribution in [0.4, 0.5) is 0 Å². The lowest BCUT2D eigenvalue weighted by Gasteiger charge is -1.99. The van der Waals surface area contributed by atoms with Gasteiger partial charge in [0.1, 0.15) is 12.2 Å². The molecule has 0 atom stereocenters. The summed E-state index contributed by atoms with van der Waals surface area (Å²) in [5.74, 6) is -0.601. The summed E-state index contributed by atoms with van der Waals surface area (Å²) in [5.41, 5.74) is 1.26. The maximum Gasteiger partial charge on any atom is 0.311 e. The largest absolute Gasteiger partial charge is 0.508 e. The number of phenolic OH excluding ortho intramolecular Hbond substituents is 1. The Morgan fingerprint density at radius 1 is 1.44 bits per heavy atom. The van der Waals surface area contributed by atoms with Crippen molar-refractivity contribution in [1.82, 2.24) is 5.16 Å². The van der Waals surface area contributed by atoms with Gasteiger partial charge in [-0.1, -0.05) is 17.3 Å². The van der Waals surface area contributed by atoms with Crippen molar-refractivity contribution in [3.8, 4) is 16.9 Å². The number of benzene rings is 1. The Morgan fingerprint density at radius 3 is 2.94 bits per heavy atom. The second-order valence-corrected chi connectivity index (χ2v) is 3.28. The standard InChI is InChI=1S/C11H9NO4/c13-8-3-1-2-7(4-8)9-6-12-16-10(9)5-11(14)15/h1-4,6,13H,5H2,(H,14,15). The van der Waals surface area contributed by atoms with E-state index in [4.69, 9.17) is 9.63 Å². The van der Waals surface area contributed by atoms with Crippen LogP contribution in [0.5, 0.6) is 5.75 Å². The van der Waals surface area contributed by atoms with Gasteiger partial charge in [-0.15, -0.1) is 0 Å². The first kappa shape index (κ1) is 10.2. The molecule has 0 aliphatic rings. The van der Waals surface area contributed by atoms with Crippen molar-refractivity contribution in [1.29, 1.82) is 0 Å². The van der Waals surface area contributed by atoms with E-state index in [2.05, 4.69) is 5.16 Å². The minimum absolute atomic E-state index is 0.111. The van der Waals surface area contributed by atoms with E-state index < -0.39 is 5.97 Å². The summed E-state index contributed by atoms with van der Waals surface area (Å²) in [7, 11) is 0. The molecule has 2 aromatic rings. The molecule has 2 rings (SSSR count). The first-order valence-electron chi connectivity index (χ1n) is 4.61. The summed E-state index contributed by atoms with van der Waals surface area (Å²) < 4.78 is 4.86. The Balaban J connectivity index is 2.40. The highest BCUT2D eigenvalue weighted by atomic mass is 16.5. The van der Waals surface area contributed by atoms with Crippen LogP contribution in [0.3, 0.4) is 0 Å². The molecule has 2 N–H and O–H groups in total. The highest BCUT2D eigenvalue weighted by Crippen LogP contribution is 2.26. The topological polar surface area (TPSA) is 83.6 Å². The number of phenols is 1. The second-order valence-electron chi connectivity index (χ2n) is 3.28. The zero-order valence-corrected chi connectivity index (χ0v) is 8.25. The summed E-state index contributed by atoms with van der Waals surface area (Å²) in [6.45, 7) is 0. The molecule has 1 aromatic heterocycles. The highest BCUT2D eigenvalue weighted by Gasteiger charge is 2.13. The number of aliphatic carboxylic acids is 1. The third kappa shape index (κ3) is 2.03. The van der Waals surface area contributed by atoms with Crippen molar-refractivity contribution < 1.29 is 19.5 Å². The first-order chi connectivity index (χ1) is 7.66. The van der Waals surface area contributed by atoms with Gasteiger partial charge in [0.05, 0.1) is 6.20 Å². The lowest BCUT2D eigenvalue weighted by molar-refractivity contribution is -0.136. The zero-order chi connectivity index (χ0) is 11.5. The number of carboxylic acids is 1. The van der Waals surface area contributed by atoms with Crippen LogP contribution >= 0.6 is 0 Å². The van der Waals surface area contributed by atoms with Gasteiger partial charge in [0.15, 0.2) is 5.76 Å². The van der Waals surface area contributed by atoms with Gasteiger partial charge in [-0.3, -0.25) is 4.79 Å². The van der Waals surface area contributed by atoms with Gasteiger partial charge in [-0.25, -0.2) is 0 Å². The molecule has 82 valence electrons. The molecule has 1 heterocycles. The van der Waals surface area contributed by atoms with Crippen molar-refractivity contribution in [3.63, 3.8) is 0 Å². The van der Waals surface area contributed by atoms with Crippen LogP contribution in [-0.2, 0) is 11.2 Å². The van der Waals surface area contributed by atoms with E-state index in [0.29, 0.717) is 11.1 Å². The molecule has 0 saturated heterocycles. The van der Waals surface area contributed by atoms with Crippen molar-refractivity contribution >= 4 is 5.97 Å². The van der Waals surface area contributed by atoms with Gasteiger partial charge < -0.3 is 14.7 Å². The molecule has 0 aliphatic carbocycles. The molecule has 0 saturated carbocycles. The normalized spacial score (nSPS) is 10.2. The van der Waals surface area contributed by atoms with Crippen LogP contribution in [0.15, 0.2) is 35.0 Å². The number of carboxylic acid groups (broad SMARTS) is 1. The lowest BCUT2D eigenvalue weighted by atomic mass is 10.1. The number of rotatable bonds is 3. The van der Waals surface area contributed by atoms with E-state index in [1.807, 2.05) is 0 Å². The molecule has 16 heavy (non-hydrogen) atoms. The van der Waals surface area contributed by atoms with E-state index in [0.717, 1.165) is 0 Å². The average molecular weight is 219 g/mol. The number of hydrogen-bond donors (Lipinski definition) is 2. The molecule has 1 aromatic carbocycles. The van der Waals surface area contributed by atoms with E-state index in [1.165, 1.54) is 18.3 Å². The molecule has 0 fully saturated rings. The van der Waals surface area contributed by atoms with Gasteiger partial charge in [-0.05, 0) is 17.7 Å². The smallest absolute Gasteiger partial charge is 0.311 e. The third-order valence-corrected chi connectivity index (χ3v) is 2.11. The molecule has 5 nitrogen and oxygen atoms in total. The van der Waals surface area contributed by atoms with Crippen LogP contribution in [0.2, 0.25) is 0 Å². The second kappa shape index (κ2) is 4.06. The van der Waals surface area contributed by atoms with Gasteiger partial charge >= 0.3 is 5.97 Å². The summed E-state index contributed by atoms with van der Waals surface area (Å²) in [5, 5.41) is 21.6. The first-order valence-corrected chi connectivity index (χ1v) is 4.61.